The highest BCUT2D eigenvalue weighted by Crippen LogP contribution is 2.26. The van der Waals surface area contributed by atoms with Gasteiger partial charge in [-0.15, -0.1) is 0 Å². The summed E-state index contributed by atoms with van der Waals surface area (Å²) in [6, 6.07) is 16.0. The van der Waals surface area contributed by atoms with Crippen molar-refractivity contribution in [3.63, 3.8) is 0 Å². The van der Waals surface area contributed by atoms with E-state index in [1.807, 2.05) is 36.4 Å². The van der Waals surface area contributed by atoms with Crippen LogP contribution in [-0.4, -0.2) is 61.5 Å². The van der Waals surface area contributed by atoms with Crippen molar-refractivity contribution in [3.8, 4) is 11.8 Å². The van der Waals surface area contributed by atoms with Gasteiger partial charge in [0.1, 0.15) is 0 Å². The number of nitrogens with zero attached hydrogens (tertiary/aromatic N) is 2. The summed E-state index contributed by atoms with van der Waals surface area (Å²) >= 11 is 0. The van der Waals surface area contributed by atoms with E-state index in [1.165, 1.54) is 11.8 Å². The molecule has 1 saturated heterocycles. The molecule has 7 heteroatoms. The van der Waals surface area contributed by atoms with Gasteiger partial charge in [-0.2, -0.15) is 0 Å². The molecule has 6 nitrogen and oxygen atoms in total. The van der Waals surface area contributed by atoms with Crippen molar-refractivity contribution < 1.29 is 19.0 Å². The molecular formula is C29H32FN3O3. The lowest BCUT2D eigenvalue weighted by Crippen LogP contribution is -2.35. The zero-order valence-electron chi connectivity index (χ0n) is 20.4. The van der Waals surface area contributed by atoms with Crippen molar-refractivity contribution in [1.29, 1.82) is 0 Å². The van der Waals surface area contributed by atoms with Gasteiger partial charge in [0.25, 0.3) is 0 Å². The van der Waals surface area contributed by atoms with E-state index in [0.717, 1.165) is 49.5 Å². The molecule has 1 fully saturated rings. The molecule has 0 bridgehead atoms. The molecule has 188 valence electrons. The molecule has 0 aliphatic carbocycles. The Hall–Kier alpha value is -3.31. The minimum Gasteiger partial charge on any atom is -0.503 e. The predicted octanol–water partition coefficient (Wildman–Crippen LogP) is 4.11. The largest absolute Gasteiger partial charge is 0.503 e. The zero-order chi connectivity index (χ0) is 25.2. The summed E-state index contributed by atoms with van der Waals surface area (Å²) in [7, 11) is 0. The van der Waals surface area contributed by atoms with Crippen LogP contribution >= 0.6 is 0 Å². The topological polar surface area (TPSA) is 74.2 Å². The van der Waals surface area contributed by atoms with Crippen LogP contribution in [0, 0.1) is 11.8 Å². The van der Waals surface area contributed by atoms with Crippen molar-refractivity contribution in [2.24, 2.45) is 4.99 Å². The van der Waals surface area contributed by atoms with Gasteiger partial charge < -0.3 is 15.2 Å². The number of nitrogens with one attached hydrogen (secondary N) is 1. The maximum absolute atomic E-state index is 12.6. The Balaban J connectivity index is 1.40. The zero-order valence-corrected chi connectivity index (χ0v) is 20.4. The van der Waals surface area contributed by atoms with Crippen LogP contribution in [0.2, 0.25) is 0 Å². The number of alkyl halides is 1. The van der Waals surface area contributed by atoms with Gasteiger partial charge in [0, 0.05) is 55.9 Å². The molecule has 2 aliphatic heterocycles. The number of hydrogen-bond acceptors (Lipinski definition) is 6. The molecule has 2 aromatic carbocycles. The van der Waals surface area contributed by atoms with E-state index in [1.54, 1.807) is 0 Å². The number of ether oxygens (including phenoxy) is 1. The lowest BCUT2D eigenvalue weighted by atomic mass is 9.98. The molecule has 2 N–H and O–H groups in total. The number of halogens is 1. The number of carbonyl (C=O) groups is 1. The number of morpholine rings is 1. The van der Waals surface area contributed by atoms with E-state index in [9.17, 15) is 14.3 Å². The molecule has 2 aliphatic rings. The quantitative estimate of drug-likeness (QED) is 0.410. The van der Waals surface area contributed by atoms with Crippen LogP contribution in [0.5, 0.6) is 0 Å². The van der Waals surface area contributed by atoms with Gasteiger partial charge >= 0.3 is 0 Å². The molecule has 2 heterocycles. The maximum Gasteiger partial charge on any atom is 0.204 e. The van der Waals surface area contributed by atoms with Crippen LogP contribution in [-0.2, 0) is 16.1 Å². The third-order valence-corrected chi connectivity index (χ3v) is 6.29. The number of benzene rings is 2. The highest BCUT2D eigenvalue weighted by Gasteiger charge is 2.21. The number of aliphatic hydroxyl groups is 1. The minimum atomic E-state index is -0.410. The average molecular weight is 490 g/mol. The van der Waals surface area contributed by atoms with Gasteiger partial charge in [0.2, 0.25) is 5.78 Å². The molecule has 0 saturated carbocycles. The Morgan fingerprint density at radius 2 is 1.72 bits per heavy atom. The number of ketones is 1. The molecule has 4 rings (SSSR count). The molecule has 0 amide bonds. The SMILES string of the molecule is O=C1CC=NC(CC(NCCCF)c2ccc(C#Cc3ccc(CN4CCOCC4)cc3)cc2)=C1O. The summed E-state index contributed by atoms with van der Waals surface area (Å²) in [5.41, 5.74) is 4.41. The van der Waals surface area contributed by atoms with Gasteiger partial charge in [-0.05, 0) is 48.4 Å². The second-order valence-corrected chi connectivity index (χ2v) is 8.95. The van der Waals surface area contributed by atoms with Crippen molar-refractivity contribution in [2.75, 3.05) is 39.5 Å². The summed E-state index contributed by atoms with van der Waals surface area (Å²) < 4.78 is 18.1. The third-order valence-electron chi connectivity index (χ3n) is 6.29. The smallest absolute Gasteiger partial charge is 0.204 e. The first-order valence-corrected chi connectivity index (χ1v) is 12.4. The summed E-state index contributed by atoms with van der Waals surface area (Å²) in [5.74, 6) is 5.82. The second-order valence-electron chi connectivity index (χ2n) is 8.95. The van der Waals surface area contributed by atoms with Crippen molar-refractivity contribution >= 4 is 12.0 Å². The van der Waals surface area contributed by atoms with E-state index in [0.29, 0.717) is 25.1 Å². The molecule has 1 unspecified atom stereocenters. The van der Waals surface area contributed by atoms with E-state index in [4.69, 9.17) is 4.74 Å². The lowest BCUT2D eigenvalue weighted by molar-refractivity contribution is -0.117. The highest BCUT2D eigenvalue weighted by molar-refractivity contribution is 6.03. The maximum atomic E-state index is 12.6. The minimum absolute atomic E-state index is 0.110. The summed E-state index contributed by atoms with van der Waals surface area (Å²) in [6.07, 6.45) is 2.35. The summed E-state index contributed by atoms with van der Waals surface area (Å²) in [4.78, 5) is 18.4. The monoisotopic (exact) mass is 489 g/mol. The van der Waals surface area contributed by atoms with Crippen LogP contribution < -0.4 is 5.32 Å². The Labute approximate surface area is 211 Å². The molecule has 0 spiro atoms. The van der Waals surface area contributed by atoms with Crippen LogP contribution in [0.3, 0.4) is 0 Å². The van der Waals surface area contributed by atoms with Crippen LogP contribution in [0.1, 0.15) is 47.6 Å². The Morgan fingerprint density at radius 3 is 2.39 bits per heavy atom. The summed E-state index contributed by atoms with van der Waals surface area (Å²) in [6.45, 7) is 4.52. The fraction of sp³-hybridized carbons (Fsp3) is 0.379. The van der Waals surface area contributed by atoms with E-state index >= 15 is 0 Å². The number of aliphatic imine (C=N–C) groups is 1. The normalized spacial score (nSPS) is 17.1. The van der Waals surface area contributed by atoms with Crippen LogP contribution in [0.25, 0.3) is 0 Å². The van der Waals surface area contributed by atoms with Crippen molar-refractivity contribution in [1.82, 2.24) is 10.2 Å². The number of carbonyl (C=O) groups excluding carboxylic acids is 1. The van der Waals surface area contributed by atoms with Gasteiger partial charge in [-0.25, -0.2) is 0 Å². The number of rotatable bonds is 9. The fourth-order valence-electron chi connectivity index (χ4n) is 4.21. The number of allylic oxidation sites excluding steroid dienone is 1. The van der Waals surface area contributed by atoms with Crippen molar-refractivity contribution in [3.05, 3.63) is 82.2 Å². The van der Waals surface area contributed by atoms with Gasteiger partial charge in [0.05, 0.1) is 25.6 Å². The first-order chi connectivity index (χ1) is 17.6. The van der Waals surface area contributed by atoms with E-state index in [-0.39, 0.29) is 24.0 Å². The second kappa shape index (κ2) is 13.1. The molecule has 0 aromatic heterocycles. The van der Waals surface area contributed by atoms with E-state index < -0.39 is 6.67 Å². The number of Topliss-reactive ketones (excluding diaryl/α,β-unsaturated/α-hetero) is 1. The number of aliphatic hydroxyl groups excluding tert-OH is 1. The lowest BCUT2D eigenvalue weighted by Gasteiger charge is -2.26. The third kappa shape index (κ3) is 7.34. The first-order valence-electron chi connectivity index (χ1n) is 12.4. The highest BCUT2D eigenvalue weighted by atomic mass is 19.1. The molecular weight excluding hydrogens is 457 g/mol. The van der Waals surface area contributed by atoms with Gasteiger partial charge in [-0.3, -0.25) is 19.1 Å². The predicted molar refractivity (Wildman–Crippen MR) is 139 cm³/mol. The van der Waals surface area contributed by atoms with Crippen LogP contribution in [0.15, 0.2) is 65.0 Å². The Kier molecular flexibility index (Phi) is 9.40. The molecule has 2 aromatic rings. The standard InChI is InChI=1S/C29H32FN3O3/c30-13-1-14-31-26(20-27-29(35)28(34)12-15-32-27)25-10-8-23(9-11-25)3-2-22-4-6-24(7-5-22)21-33-16-18-36-19-17-33/h4-11,15,26,31,35H,1,12-14,16-21H2. The molecule has 0 radical (unpaired) electrons. The summed E-state index contributed by atoms with van der Waals surface area (Å²) in [5, 5.41) is 13.4. The van der Waals surface area contributed by atoms with Crippen molar-refractivity contribution in [2.45, 2.75) is 31.8 Å². The average Bonchev–Trinajstić information content (AvgIpc) is 2.91. The Bertz CT molecular complexity index is 1140. The fourth-order valence-corrected chi connectivity index (χ4v) is 4.21. The molecule has 1 atom stereocenters. The molecule has 36 heavy (non-hydrogen) atoms. The number of hydrogen-bond donors (Lipinski definition) is 2. The first kappa shape index (κ1) is 25.8. The van der Waals surface area contributed by atoms with Gasteiger partial charge in [-0.1, -0.05) is 36.1 Å². The Morgan fingerprint density at radius 1 is 1.06 bits per heavy atom. The van der Waals surface area contributed by atoms with E-state index in [2.05, 4.69) is 39.2 Å². The van der Waals surface area contributed by atoms with Crippen LogP contribution in [0.4, 0.5) is 4.39 Å². The van der Waals surface area contributed by atoms with Gasteiger partial charge in [0.15, 0.2) is 5.76 Å².